The summed E-state index contributed by atoms with van der Waals surface area (Å²) in [5.41, 5.74) is -0.410. The van der Waals surface area contributed by atoms with Gasteiger partial charge in [-0.25, -0.2) is 4.79 Å². The number of hydrogen-bond acceptors (Lipinski definition) is 3. The first-order valence-electron chi connectivity index (χ1n) is 9.75. The van der Waals surface area contributed by atoms with E-state index < -0.39 is 5.60 Å². The zero-order valence-corrected chi connectivity index (χ0v) is 15.8. The highest BCUT2D eigenvalue weighted by molar-refractivity contribution is 5.68. The minimum Gasteiger partial charge on any atom is -0.444 e. The van der Waals surface area contributed by atoms with Crippen LogP contribution in [0.25, 0.3) is 0 Å². The molecule has 1 heterocycles. The monoisotopic (exact) mass is 334 g/mol. The molecule has 136 valence electrons. The Morgan fingerprint density at radius 3 is 2.75 bits per heavy atom. The molecule has 0 radical (unpaired) electrons. The Morgan fingerprint density at radius 1 is 1.33 bits per heavy atom. The van der Waals surface area contributed by atoms with E-state index in [1.807, 2.05) is 25.7 Å². The lowest BCUT2D eigenvalue weighted by atomic mass is 9.87. The molecule has 4 heteroatoms. The van der Waals surface area contributed by atoms with Gasteiger partial charge in [-0.3, -0.25) is 0 Å². The van der Waals surface area contributed by atoms with Gasteiger partial charge in [0.15, 0.2) is 0 Å². The van der Waals surface area contributed by atoms with Crippen molar-refractivity contribution in [3.05, 3.63) is 12.2 Å². The summed E-state index contributed by atoms with van der Waals surface area (Å²) in [4.78, 5) is 14.3. The fourth-order valence-corrected chi connectivity index (χ4v) is 4.72. The van der Waals surface area contributed by atoms with Crippen molar-refractivity contribution in [1.29, 1.82) is 0 Å². The van der Waals surface area contributed by atoms with Crippen LogP contribution in [0.15, 0.2) is 12.2 Å². The second-order valence-electron chi connectivity index (χ2n) is 8.95. The van der Waals surface area contributed by atoms with Crippen LogP contribution in [0.4, 0.5) is 4.79 Å². The Hall–Kier alpha value is -1.03. The average molecular weight is 335 g/mol. The maximum atomic E-state index is 12.3. The van der Waals surface area contributed by atoms with Crippen LogP contribution >= 0.6 is 0 Å². The molecule has 5 atom stereocenters. The van der Waals surface area contributed by atoms with Crippen LogP contribution in [0.3, 0.4) is 0 Å². The molecule has 0 aromatic rings. The standard InChI is InChI=1S/C20H34N2O2/c1-14(18-13-15-7-8-16(18)12-15)21-10-9-17-6-5-11-22(17)19(23)24-20(2,3)4/h7-8,14-18,21H,5-6,9-13H2,1-4H3. The van der Waals surface area contributed by atoms with E-state index >= 15 is 0 Å². The van der Waals surface area contributed by atoms with Crippen molar-refractivity contribution >= 4 is 6.09 Å². The second kappa shape index (κ2) is 7.07. The Morgan fingerprint density at radius 2 is 2.12 bits per heavy atom. The summed E-state index contributed by atoms with van der Waals surface area (Å²) in [5, 5.41) is 3.73. The summed E-state index contributed by atoms with van der Waals surface area (Å²) in [6, 6.07) is 0.904. The van der Waals surface area contributed by atoms with Crippen molar-refractivity contribution in [2.24, 2.45) is 17.8 Å². The van der Waals surface area contributed by atoms with Gasteiger partial charge in [-0.1, -0.05) is 12.2 Å². The number of allylic oxidation sites excluding steroid dienone is 2. The molecule has 3 rings (SSSR count). The SMILES string of the molecule is CC(NCCC1CCCN1C(=O)OC(C)(C)C)C1CC2C=CC1C2. The smallest absolute Gasteiger partial charge is 0.410 e. The summed E-state index contributed by atoms with van der Waals surface area (Å²) in [5.74, 6) is 2.43. The summed E-state index contributed by atoms with van der Waals surface area (Å²) in [6.45, 7) is 9.96. The summed E-state index contributed by atoms with van der Waals surface area (Å²) < 4.78 is 5.55. The van der Waals surface area contributed by atoms with Gasteiger partial charge in [0.25, 0.3) is 0 Å². The highest BCUT2D eigenvalue weighted by Gasteiger charge is 2.38. The predicted octanol–water partition coefficient (Wildman–Crippen LogP) is 3.97. The molecule has 1 amide bonds. The lowest BCUT2D eigenvalue weighted by Gasteiger charge is -2.30. The number of amides is 1. The first-order valence-corrected chi connectivity index (χ1v) is 9.75. The maximum Gasteiger partial charge on any atom is 0.410 e. The Balaban J connectivity index is 1.42. The third-order valence-corrected chi connectivity index (χ3v) is 5.92. The van der Waals surface area contributed by atoms with Crippen LogP contribution in [-0.4, -0.2) is 41.8 Å². The number of nitrogens with zero attached hydrogens (tertiary/aromatic N) is 1. The lowest BCUT2D eigenvalue weighted by Crippen LogP contribution is -2.42. The van der Waals surface area contributed by atoms with Gasteiger partial charge in [-0.15, -0.1) is 0 Å². The van der Waals surface area contributed by atoms with E-state index in [9.17, 15) is 4.79 Å². The molecule has 0 aromatic heterocycles. The van der Waals surface area contributed by atoms with Gasteiger partial charge in [0.05, 0.1) is 0 Å². The maximum absolute atomic E-state index is 12.3. The number of rotatable bonds is 5. The fraction of sp³-hybridized carbons (Fsp3) is 0.850. The first-order chi connectivity index (χ1) is 11.3. The van der Waals surface area contributed by atoms with Gasteiger partial charge in [-0.2, -0.15) is 0 Å². The van der Waals surface area contributed by atoms with E-state index in [-0.39, 0.29) is 6.09 Å². The molecule has 1 saturated carbocycles. The van der Waals surface area contributed by atoms with Crippen LogP contribution < -0.4 is 5.32 Å². The average Bonchev–Trinajstić information content (AvgIpc) is 3.21. The molecule has 1 saturated heterocycles. The van der Waals surface area contributed by atoms with Gasteiger partial charge >= 0.3 is 6.09 Å². The molecule has 4 nitrogen and oxygen atoms in total. The van der Waals surface area contributed by atoms with Gasteiger partial charge in [0.1, 0.15) is 5.60 Å². The van der Waals surface area contributed by atoms with E-state index in [4.69, 9.17) is 4.74 Å². The van der Waals surface area contributed by atoms with Gasteiger partial charge in [0.2, 0.25) is 0 Å². The summed E-state index contributed by atoms with van der Waals surface area (Å²) >= 11 is 0. The molecular weight excluding hydrogens is 300 g/mol. The largest absolute Gasteiger partial charge is 0.444 e. The predicted molar refractivity (Wildman–Crippen MR) is 96.9 cm³/mol. The third kappa shape index (κ3) is 4.14. The number of carbonyl (C=O) groups excluding carboxylic acids is 1. The number of nitrogens with one attached hydrogen (secondary N) is 1. The van der Waals surface area contributed by atoms with Gasteiger partial charge < -0.3 is 15.0 Å². The minimum atomic E-state index is -0.410. The molecule has 1 aliphatic heterocycles. The van der Waals surface area contributed by atoms with E-state index in [0.29, 0.717) is 12.1 Å². The molecule has 5 unspecified atom stereocenters. The van der Waals surface area contributed by atoms with Crippen LogP contribution in [0, 0.1) is 17.8 Å². The van der Waals surface area contributed by atoms with E-state index in [2.05, 4.69) is 24.4 Å². The van der Waals surface area contributed by atoms with Crippen molar-refractivity contribution < 1.29 is 9.53 Å². The molecule has 3 aliphatic rings. The Kier molecular flexibility index (Phi) is 5.24. The van der Waals surface area contributed by atoms with Crippen molar-refractivity contribution in [3.63, 3.8) is 0 Å². The lowest BCUT2D eigenvalue weighted by molar-refractivity contribution is 0.0220. The second-order valence-corrected chi connectivity index (χ2v) is 8.95. The van der Waals surface area contributed by atoms with Crippen molar-refractivity contribution in [1.82, 2.24) is 10.2 Å². The van der Waals surface area contributed by atoms with Crippen molar-refractivity contribution in [2.45, 2.75) is 77.5 Å². The highest BCUT2D eigenvalue weighted by Crippen LogP contribution is 2.44. The molecule has 24 heavy (non-hydrogen) atoms. The third-order valence-electron chi connectivity index (χ3n) is 5.92. The zero-order valence-electron chi connectivity index (χ0n) is 15.8. The Bertz CT molecular complexity index is 483. The molecule has 0 aromatic carbocycles. The van der Waals surface area contributed by atoms with Crippen LogP contribution in [0.5, 0.6) is 0 Å². The zero-order chi connectivity index (χ0) is 17.3. The molecule has 1 N–H and O–H groups in total. The van der Waals surface area contributed by atoms with E-state index in [0.717, 1.165) is 50.1 Å². The normalized spacial score (nSPS) is 33.2. The summed E-state index contributed by atoms with van der Waals surface area (Å²) in [7, 11) is 0. The molecule has 2 bridgehead atoms. The van der Waals surface area contributed by atoms with Crippen molar-refractivity contribution in [3.8, 4) is 0 Å². The topological polar surface area (TPSA) is 41.6 Å². The molecular formula is C20H34N2O2. The number of carbonyl (C=O) groups is 1. The van der Waals surface area contributed by atoms with Crippen molar-refractivity contribution in [2.75, 3.05) is 13.1 Å². The van der Waals surface area contributed by atoms with Crippen LogP contribution in [-0.2, 0) is 4.74 Å². The van der Waals surface area contributed by atoms with E-state index in [1.165, 1.54) is 12.8 Å². The minimum absolute atomic E-state index is 0.142. The van der Waals surface area contributed by atoms with Crippen LogP contribution in [0.1, 0.15) is 59.8 Å². The molecule has 0 spiro atoms. The molecule has 2 fully saturated rings. The van der Waals surface area contributed by atoms with Crippen LogP contribution in [0.2, 0.25) is 0 Å². The van der Waals surface area contributed by atoms with E-state index in [1.54, 1.807) is 0 Å². The molecule has 2 aliphatic carbocycles. The van der Waals surface area contributed by atoms with Gasteiger partial charge in [-0.05, 0) is 84.1 Å². The number of ether oxygens (including phenoxy) is 1. The summed E-state index contributed by atoms with van der Waals surface area (Å²) in [6.07, 6.45) is 10.6. The number of fused-ring (bicyclic) bond motifs is 2. The number of likely N-dealkylation sites (tertiary alicyclic amines) is 1. The number of hydrogen-bond donors (Lipinski definition) is 1. The first kappa shape index (κ1) is 17.8. The van der Waals surface area contributed by atoms with Gasteiger partial charge in [0, 0.05) is 18.6 Å². The Labute approximate surface area is 147 Å². The quantitative estimate of drug-likeness (QED) is 0.774. The fourth-order valence-electron chi connectivity index (χ4n) is 4.72. The highest BCUT2D eigenvalue weighted by atomic mass is 16.6.